The highest BCUT2D eigenvalue weighted by Gasteiger charge is 2.46. The van der Waals surface area contributed by atoms with E-state index < -0.39 is 24.1 Å². The minimum Gasteiger partial charge on any atom is -0.395 e. The van der Waals surface area contributed by atoms with Crippen molar-refractivity contribution in [1.29, 1.82) is 0 Å². The first-order valence-corrected chi connectivity index (χ1v) is 9.84. The van der Waals surface area contributed by atoms with E-state index in [-0.39, 0.29) is 29.4 Å². The minimum atomic E-state index is -5.25. The van der Waals surface area contributed by atoms with Gasteiger partial charge in [-0.15, -0.1) is 8.78 Å². The van der Waals surface area contributed by atoms with Crippen molar-refractivity contribution in [2.24, 2.45) is 0 Å². The molecule has 0 bridgehead atoms. The summed E-state index contributed by atoms with van der Waals surface area (Å²) in [7, 11) is 1.69. The van der Waals surface area contributed by atoms with Crippen LogP contribution >= 0.6 is 0 Å². The number of carbonyl (C=O) groups excluding carboxylic acids is 1. The van der Waals surface area contributed by atoms with Crippen molar-refractivity contribution in [3.63, 3.8) is 0 Å². The SMILES string of the molecule is CNc1cc(CNc2ccccc2N(C(=O)C(F)(F)F)c2ccc3c(c2)OC(F)(F)O3)ccn1. The highest BCUT2D eigenvalue weighted by atomic mass is 19.4. The van der Waals surface area contributed by atoms with Crippen molar-refractivity contribution in [3.05, 3.63) is 66.4 Å². The molecule has 178 valence electrons. The molecule has 3 aromatic rings. The van der Waals surface area contributed by atoms with Crippen LogP contribution in [-0.2, 0) is 11.3 Å². The molecule has 0 spiro atoms. The molecule has 2 N–H and O–H groups in total. The van der Waals surface area contributed by atoms with Gasteiger partial charge in [0.05, 0.1) is 17.1 Å². The molecule has 0 saturated carbocycles. The smallest absolute Gasteiger partial charge is 0.395 e. The van der Waals surface area contributed by atoms with E-state index in [1.165, 1.54) is 18.2 Å². The van der Waals surface area contributed by atoms with Gasteiger partial charge >= 0.3 is 18.4 Å². The average molecular weight is 480 g/mol. The quantitative estimate of drug-likeness (QED) is 0.468. The summed E-state index contributed by atoms with van der Waals surface area (Å²) in [5.74, 6) is -2.48. The summed E-state index contributed by atoms with van der Waals surface area (Å²) in [4.78, 5) is 16.9. The average Bonchev–Trinajstić information content (AvgIpc) is 3.11. The van der Waals surface area contributed by atoms with E-state index in [9.17, 15) is 26.7 Å². The third-order valence-electron chi connectivity index (χ3n) is 4.80. The maximum Gasteiger partial charge on any atom is 0.586 e. The number of alkyl halides is 5. The van der Waals surface area contributed by atoms with Gasteiger partial charge in [0.15, 0.2) is 11.5 Å². The Kier molecular flexibility index (Phi) is 5.90. The molecule has 1 amide bonds. The van der Waals surface area contributed by atoms with Crippen LogP contribution in [0.1, 0.15) is 5.56 Å². The van der Waals surface area contributed by atoms with Gasteiger partial charge in [-0.3, -0.25) is 9.69 Å². The monoisotopic (exact) mass is 480 g/mol. The number of ether oxygens (including phenoxy) is 2. The minimum absolute atomic E-state index is 0.140. The Labute approximate surface area is 190 Å². The van der Waals surface area contributed by atoms with Crippen molar-refractivity contribution in [2.45, 2.75) is 19.0 Å². The van der Waals surface area contributed by atoms with Crippen LogP contribution in [0.25, 0.3) is 0 Å². The number of halogens is 5. The van der Waals surface area contributed by atoms with Crippen LogP contribution < -0.4 is 25.0 Å². The van der Waals surface area contributed by atoms with Crippen LogP contribution in [0.4, 0.5) is 44.8 Å². The zero-order valence-corrected chi connectivity index (χ0v) is 17.5. The van der Waals surface area contributed by atoms with E-state index in [2.05, 4.69) is 25.1 Å². The Morgan fingerprint density at radius 3 is 2.53 bits per heavy atom. The second-order valence-corrected chi connectivity index (χ2v) is 7.11. The molecule has 0 aliphatic carbocycles. The van der Waals surface area contributed by atoms with Crippen LogP contribution in [0.15, 0.2) is 60.8 Å². The van der Waals surface area contributed by atoms with Crippen LogP contribution in [0.2, 0.25) is 0 Å². The Morgan fingerprint density at radius 2 is 1.79 bits per heavy atom. The van der Waals surface area contributed by atoms with Gasteiger partial charge < -0.3 is 20.1 Å². The molecule has 34 heavy (non-hydrogen) atoms. The van der Waals surface area contributed by atoms with Gasteiger partial charge in [0.2, 0.25) is 0 Å². The number of amides is 1. The number of nitrogens with one attached hydrogen (secondary N) is 2. The Bertz CT molecular complexity index is 1220. The summed E-state index contributed by atoms with van der Waals surface area (Å²) in [5.41, 5.74) is 0.496. The molecular weight excluding hydrogens is 463 g/mol. The summed E-state index contributed by atoms with van der Waals surface area (Å²) < 4.78 is 76.0. The maximum atomic E-state index is 13.5. The number of hydrogen-bond donors (Lipinski definition) is 2. The third-order valence-corrected chi connectivity index (χ3v) is 4.80. The highest BCUT2D eigenvalue weighted by Crippen LogP contribution is 2.45. The van der Waals surface area contributed by atoms with Crippen LogP contribution in [-0.4, -0.2) is 30.4 Å². The molecule has 1 aliphatic rings. The summed E-state index contributed by atoms with van der Waals surface area (Å²) in [6.07, 6.45) is -7.65. The van der Waals surface area contributed by atoms with E-state index in [1.54, 1.807) is 31.4 Å². The van der Waals surface area contributed by atoms with Gasteiger partial charge in [-0.1, -0.05) is 12.1 Å². The molecule has 0 radical (unpaired) electrons. The number of hydrogen-bond acceptors (Lipinski definition) is 6. The Balaban J connectivity index is 1.72. The lowest BCUT2D eigenvalue weighted by atomic mass is 10.1. The summed E-state index contributed by atoms with van der Waals surface area (Å²) >= 11 is 0. The van der Waals surface area contributed by atoms with Crippen LogP contribution in [0, 0.1) is 0 Å². The summed E-state index contributed by atoms with van der Waals surface area (Å²) in [6, 6.07) is 12.2. The fourth-order valence-corrected chi connectivity index (χ4v) is 3.31. The molecule has 0 unspecified atom stereocenters. The molecule has 0 fully saturated rings. The molecular formula is C22H17F5N4O3. The second-order valence-electron chi connectivity index (χ2n) is 7.11. The number of anilines is 4. The first-order valence-electron chi connectivity index (χ1n) is 9.84. The van der Waals surface area contributed by atoms with Crippen molar-refractivity contribution in [1.82, 2.24) is 4.98 Å². The fraction of sp³-hybridized carbons (Fsp3) is 0.182. The molecule has 7 nitrogen and oxygen atoms in total. The first kappa shape index (κ1) is 23.1. The normalized spacial score (nSPS) is 13.9. The van der Waals surface area contributed by atoms with E-state index >= 15 is 0 Å². The summed E-state index contributed by atoms with van der Waals surface area (Å²) in [6.45, 7) is 0.204. The molecule has 2 aromatic carbocycles. The maximum absolute atomic E-state index is 13.5. The van der Waals surface area contributed by atoms with Gasteiger partial charge in [-0.2, -0.15) is 13.2 Å². The lowest BCUT2D eigenvalue weighted by Gasteiger charge is -2.26. The Hall–Kier alpha value is -4.09. The third kappa shape index (κ3) is 4.80. The van der Waals surface area contributed by atoms with Crippen molar-refractivity contribution in [2.75, 3.05) is 22.6 Å². The summed E-state index contributed by atoms with van der Waals surface area (Å²) in [5, 5.41) is 5.89. The molecule has 4 rings (SSSR count). The number of benzene rings is 2. The Morgan fingerprint density at radius 1 is 1.06 bits per heavy atom. The predicted molar refractivity (Wildman–Crippen MR) is 113 cm³/mol. The van der Waals surface area contributed by atoms with Gasteiger partial charge in [0.1, 0.15) is 5.82 Å². The largest absolute Gasteiger partial charge is 0.586 e. The number of fused-ring (bicyclic) bond motifs is 1. The fourth-order valence-electron chi connectivity index (χ4n) is 3.31. The number of rotatable bonds is 6. The van der Waals surface area contributed by atoms with Gasteiger partial charge in [-0.25, -0.2) is 4.98 Å². The molecule has 1 aliphatic heterocycles. The first-order chi connectivity index (χ1) is 16.1. The van der Waals surface area contributed by atoms with Crippen molar-refractivity contribution >= 4 is 28.8 Å². The number of para-hydroxylation sites is 2. The zero-order chi connectivity index (χ0) is 24.5. The highest BCUT2D eigenvalue weighted by molar-refractivity contribution is 6.06. The van der Waals surface area contributed by atoms with Crippen LogP contribution in [0.5, 0.6) is 11.5 Å². The lowest BCUT2D eigenvalue weighted by Crippen LogP contribution is -2.38. The molecule has 0 saturated heterocycles. The number of aromatic nitrogens is 1. The molecule has 2 heterocycles. The van der Waals surface area contributed by atoms with E-state index in [4.69, 9.17) is 0 Å². The second kappa shape index (κ2) is 8.69. The van der Waals surface area contributed by atoms with Gasteiger partial charge in [0, 0.05) is 25.9 Å². The molecule has 1 aromatic heterocycles. The van der Waals surface area contributed by atoms with E-state index in [1.807, 2.05) is 0 Å². The van der Waals surface area contributed by atoms with Crippen LogP contribution in [0.3, 0.4) is 0 Å². The van der Waals surface area contributed by atoms with Crippen molar-refractivity contribution < 1.29 is 36.2 Å². The zero-order valence-electron chi connectivity index (χ0n) is 17.5. The van der Waals surface area contributed by atoms with Gasteiger partial charge in [-0.05, 0) is 42.0 Å². The molecule has 0 atom stereocenters. The number of nitrogens with zero attached hydrogens (tertiary/aromatic N) is 2. The standard InChI is InChI=1S/C22H17F5N4O3/c1-28-19-10-13(8-9-29-19)12-30-15-4-2-3-5-16(15)31(20(32)21(23,24)25)14-6-7-17-18(11-14)34-22(26,27)33-17/h2-11,30H,12H2,1H3,(H,28,29). The predicted octanol–water partition coefficient (Wildman–Crippen LogP) is 5.28. The van der Waals surface area contributed by atoms with E-state index in [0.717, 1.165) is 23.8 Å². The molecule has 12 heteroatoms. The number of pyridine rings is 1. The number of carbonyl (C=O) groups is 1. The van der Waals surface area contributed by atoms with Gasteiger partial charge in [0.25, 0.3) is 0 Å². The topological polar surface area (TPSA) is 75.7 Å². The van der Waals surface area contributed by atoms with Crippen molar-refractivity contribution in [3.8, 4) is 11.5 Å². The van der Waals surface area contributed by atoms with E-state index in [0.29, 0.717) is 10.7 Å². The lowest BCUT2D eigenvalue weighted by molar-refractivity contribution is -0.286.